The molecule has 1 aliphatic heterocycles. The number of nitro benzene ring substituents is 1. The molecule has 0 radical (unpaired) electrons. The number of ether oxygens (including phenoxy) is 1. The van der Waals surface area contributed by atoms with Crippen LogP contribution in [0.5, 0.6) is 11.5 Å². The van der Waals surface area contributed by atoms with Gasteiger partial charge in [-0.25, -0.2) is 4.90 Å². The summed E-state index contributed by atoms with van der Waals surface area (Å²) in [5.74, 6) is -2.07. The van der Waals surface area contributed by atoms with Gasteiger partial charge in [-0.3, -0.25) is 19.7 Å². The Labute approximate surface area is 168 Å². The molecule has 0 spiro atoms. The molecule has 9 heteroatoms. The van der Waals surface area contributed by atoms with Gasteiger partial charge in [0.05, 0.1) is 27.7 Å². The van der Waals surface area contributed by atoms with Crippen molar-refractivity contribution >= 4 is 29.2 Å². The fraction of sp³-hybridized carbons (Fsp3) is 0. The van der Waals surface area contributed by atoms with Gasteiger partial charge in [-0.1, -0.05) is 12.1 Å². The molecule has 3 aromatic rings. The van der Waals surface area contributed by atoms with Gasteiger partial charge in [0.15, 0.2) is 0 Å². The number of nitrogens with zero attached hydrogens (tertiary/aromatic N) is 2. The SMILES string of the molecule is O=C([O-])c1cccc(N2C(=O)c3ccc(Oc4ccc([N+](=O)[O-])cc4)cc3C2=O)c1. The minimum absolute atomic E-state index is 0.0912. The van der Waals surface area contributed by atoms with E-state index in [2.05, 4.69) is 0 Å². The van der Waals surface area contributed by atoms with Crippen molar-refractivity contribution in [3.63, 3.8) is 0 Å². The topological polar surface area (TPSA) is 130 Å². The number of hydrogen-bond donors (Lipinski definition) is 0. The third-order valence-electron chi connectivity index (χ3n) is 4.48. The first-order valence-electron chi connectivity index (χ1n) is 8.62. The molecule has 0 aromatic heterocycles. The van der Waals surface area contributed by atoms with Crippen LogP contribution in [0.25, 0.3) is 0 Å². The highest BCUT2D eigenvalue weighted by atomic mass is 16.6. The predicted octanol–water partition coefficient (Wildman–Crippen LogP) is 2.55. The molecule has 30 heavy (non-hydrogen) atoms. The monoisotopic (exact) mass is 403 g/mol. The number of amides is 2. The molecule has 0 atom stereocenters. The van der Waals surface area contributed by atoms with Crippen LogP contribution in [0.3, 0.4) is 0 Å². The minimum atomic E-state index is -1.42. The number of carbonyl (C=O) groups excluding carboxylic acids is 3. The second-order valence-electron chi connectivity index (χ2n) is 6.34. The van der Waals surface area contributed by atoms with Crippen LogP contribution in [0, 0.1) is 10.1 Å². The van der Waals surface area contributed by atoms with Crippen molar-refractivity contribution in [2.24, 2.45) is 0 Å². The van der Waals surface area contributed by atoms with Crippen LogP contribution in [-0.2, 0) is 0 Å². The van der Waals surface area contributed by atoms with Gasteiger partial charge in [0.2, 0.25) is 0 Å². The zero-order valence-corrected chi connectivity index (χ0v) is 15.1. The first-order chi connectivity index (χ1) is 14.3. The summed E-state index contributed by atoms with van der Waals surface area (Å²) in [5.41, 5.74) is 0.103. The van der Waals surface area contributed by atoms with Crippen molar-refractivity contribution in [1.82, 2.24) is 0 Å². The number of fused-ring (bicyclic) bond motifs is 1. The first-order valence-corrected chi connectivity index (χ1v) is 8.62. The Morgan fingerprint density at radius 1 is 0.867 bits per heavy atom. The van der Waals surface area contributed by atoms with Crippen LogP contribution in [0.4, 0.5) is 11.4 Å². The van der Waals surface area contributed by atoms with E-state index in [-0.39, 0.29) is 33.8 Å². The maximum Gasteiger partial charge on any atom is 0.269 e. The van der Waals surface area contributed by atoms with Crippen LogP contribution in [0.2, 0.25) is 0 Å². The second-order valence-corrected chi connectivity index (χ2v) is 6.34. The summed E-state index contributed by atoms with van der Waals surface area (Å²) in [6, 6.07) is 15.0. The molecule has 9 nitrogen and oxygen atoms in total. The molecule has 2 amide bonds. The number of imide groups is 1. The number of carboxylic acids is 1. The Bertz CT molecular complexity index is 1220. The number of aromatic carboxylic acids is 1. The zero-order valence-electron chi connectivity index (χ0n) is 15.1. The summed E-state index contributed by atoms with van der Waals surface area (Å²) in [6.45, 7) is 0. The van der Waals surface area contributed by atoms with Gasteiger partial charge >= 0.3 is 0 Å². The van der Waals surface area contributed by atoms with Gasteiger partial charge in [-0.15, -0.1) is 0 Å². The van der Waals surface area contributed by atoms with Crippen LogP contribution in [-0.4, -0.2) is 22.7 Å². The molecule has 0 fully saturated rings. The second kappa shape index (κ2) is 7.13. The molecule has 4 rings (SSSR count). The Hall–Kier alpha value is -4.53. The standard InChI is InChI=1S/C21H12N2O7/c24-19-17-9-8-16(30-15-6-4-13(5-7-15)23(28)29)11-18(17)20(25)22(19)14-3-1-2-12(10-14)21(26)27/h1-11H,(H,26,27)/p-1. The fourth-order valence-corrected chi connectivity index (χ4v) is 3.06. The summed E-state index contributed by atoms with van der Waals surface area (Å²) >= 11 is 0. The first kappa shape index (κ1) is 18.8. The molecule has 0 aliphatic carbocycles. The Morgan fingerprint density at radius 2 is 1.53 bits per heavy atom. The van der Waals surface area contributed by atoms with Gasteiger partial charge in [0.25, 0.3) is 17.5 Å². The van der Waals surface area contributed by atoms with Crippen molar-refractivity contribution < 1.29 is 29.2 Å². The number of anilines is 1. The van der Waals surface area contributed by atoms with Crippen molar-refractivity contribution in [2.75, 3.05) is 4.90 Å². The average Bonchev–Trinajstić information content (AvgIpc) is 2.98. The highest BCUT2D eigenvalue weighted by Crippen LogP contribution is 2.33. The lowest BCUT2D eigenvalue weighted by Gasteiger charge is -2.15. The maximum absolute atomic E-state index is 12.8. The van der Waals surface area contributed by atoms with E-state index in [1.54, 1.807) is 0 Å². The summed E-state index contributed by atoms with van der Waals surface area (Å²) < 4.78 is 5.62. The van der Waals surface area contributed by atoms with E-state index in [1.807, 2.05) is 0 Å². The molecule has 148 valence electrons. The molecule has 0 N–H and O–H groups in total. The van der Waals surface area contributed by atoms with Gasteiger partial charge < -0.3 is 14.6 Å². The number of non-ortho nitro benzene ring substituents is 1. The van der Waals surface area contributed by atoms with Crippen molar-refractivity contribution in [2.45, 2.75) is 0 Å². The van der Waals surface area contributed by atoms with Gasteiger partial charge in [0.1, 0.15) is 11.5 Å². The normalized spacial score (nSPS) is 12.6. The van der Waals surface area contributed by atoms with Crippen LogP contribution < -0.4 is 14.7 Å². The molecule has 3 aromatic carbocycles. The lowest BCUT2D eigenvalue weighted by atomic mass is 10.1. The average molecular weight is 403 g/mol. The van der Waals surface area contributed by atoms with Gasteiger partial charge in [-0.05, 0) is 48.0 Å². The van der Waals surface area contributed by atoms with E-state index >= 15 is 0 Å². The van der Waals surface area contributed by atoms with Crippen LogP contribution in [0.1, 0.15) is 31.1 Å². The van der Waals surface area contributed by atoms with E-state index in [0.29, 0.717) is 5.75 Å². The molecule has 0 unspecified atom stereocenters. The van der Waals surface area contributed by atoms with E-state index < -0.39 is 22.7 Å². The van der Waals surface area contributed by atoms with Gasteiger partial charge in [-0.2, -0.15) is 0 Å². The number of nitro groups is 1. The maximum atomic E-state index is 12.8. The molecule has 1 heterocycles. The fourth-order valence-electron chi connectivity index (χ4n) is 3.06. The summed E-state index contributed by atoms with van der Waals surface area (Å²) in [4.78, 5) is 47.7. The largest absolute Gasteiger partial charge is 0.545 e. The van der Waals surface area contributed by atoms with Crippen molar-refractivity contribution in [1.29, 1.82) is 0 Å². The molecule has 1 aliphatic rings. The zero-order chi connectivity index (χ0) is 21.4. The predicted molar refractivity (Wildman–Crippen MR) is 102 cm³/mol. The molecule has 0 saturated heterocycles. The number of benzene rings is 3. The van der Waals surface area contributed by atoms with E-state index in [1.165, 1.54) is 66.7 Å². The Morgan fingerprint density at radius 3 is 2.20 bits per heavy atom. The van der Waals surface area contributed by atoms with E-state index in [0.717, 1.165) is 4.90 Å². The molecule has 0 bridgehead atoms. The Balaban J connectivity index is 1.63. The lowest BCUT2D eigenvalue weighted by molar-refractivity contribution is -0.384. The lowest BCUT2D eigenvalue weighted by Crippen LogP contribution is -2.30. The quantitative estimate of drug-likeness (QED) is 0.363. The van der Waals surface area contributed by atoms with E-state index in [9.17, 15) is 29.6 Å². The van der Waals surface area contributed by atoms with Crippen LogP contribution >= 0.6 is 0 Å². The van der Waals surface area contributed by atoms with Gasteiger partial charge in [0, 0.05) is 12.1 Å². The summed E-state index contributed by atoms with van der Waals surface area (Å²) in [7, 11) is 0. The Kier molecular flexibility index (Phi) is 4.47. The van der Waals surface area contributed by atoms with Crippen molar-refractivity contribution in [3.05, 3.63) is 93.5 Å². The van der Waals surface area contributed by atoms with Crippen LogP contribution in [0.15, 0.2) is 66.7 Å². The highest BCUT2D eigenvalue weighted by molar-refractivity contribution is 6.34. The number of carboxylic acid groups (broad SMARTS) is 1. The summed E-state index contributed by atoms with van der Waals surface area (Å²) in [5, 5.41) is 21.8. The molecular formula is C21H11N2O7-. The smallest absolute Gasteiger partial charge is 0.269 e. The van der Waals surface area contributed by atoms with Crippen molar-refractivity contribution in [3.8, 4) is 11.5 Å². The highest BCUT2D eigenvalue weighted by Gasteiger charge is 2.37. The molecule has 0 saturated carbocycles. The number of rotatable bonds is 5. The minimum Gasteiger partial charge on any atom is -0.545 e. The number of carbonyl (C=O) groups is 3. The number of hydrogen-bond acceptors (Lipinski definition) is 7. The molecular weight excluding hydrogens is 392 g/mol. The third kappa shape index (κ3) is 3.24. The van der Waals surface area contributed by atoms with E-state index in [4.69, 9.17) is 4.74 Å². The third-order valence-corrected chi connectivity index (χ3v) is 4.48. The summed E-state index contributed by atoms with van der Waals surface area (Å²) in [6.07, 6.45) is 0.